The van der Waals surface area contributed by atoms with Gasteiger partial charge >= 0.3 is 0 Å². The van der Waals surface area contributed by atoms with E-state index in [0.717, 1.165) is 10.9 Å². The molecule has 104 valence electrons. The fourth-order valence-corrected chi connectivity index (χ4v) is 2.68. The van der Waals surface area contributed by atoms with Gasteiger partial charge in [0.05, 0.1) is 11.2 Å². The number of nitrogens with zero attached hydrogens (tertiary/aromatic N) is 1. The van der Waals surface area contributed by atoms with Crippen molar-refractivity contribution in [1.29, 1.82) is 0 Å². The molecule has 19 heavy (non-hydrogen) atoms. The van der Waals surface area contributed by atoms with Crippen molar-refractivity contribution < 1.29 is 15.0 Å². The van der Waals surface area contributed by atoms with Gasteiger partial charge in [-0.25, -0.2) is 0 Å². The average molecular weight is 328 g/mol. The van der Waals surface area contributed by atoms with Crippen molar-refractivity contribution in [2.75, 3.05) is 13.1 Å². The van der Waals surface area contributed by atoms with Gasteiger partial charge < -0.3 is 15.1 Å². The summed E-state index contributed by atoms with van der Waals surface area (Å²) in [6.45, 7) is 2.93. The van der Waals surface area contributed by atoms with Crippen LogP contribution < -0.4 is 0 Å². The molecule has 1 heterocycles. The molecule has 2 N–H and O–H groups in total. The summed E-state index contributed by atoms with van der Waals surface area (Å²) in [4.78, 5) is 14.1. The lowest BCUT2D eigenvalue weighted by Gasteiger charge is -2.23. The van der Waals surface area contributed by atoms with Crippen LogP contribution in [0.5, 0.6) is 5.75 Å². The van der Waals surface area contributed by atoms with Crippen molar-refractivity contribution in [2.24, 2.45) is 0 Å². The Hall–Kier alpha value is -1.07. The normalized spacial score (nSPS) is 24.1. The van der Waals surface area contributed by atoms with E-state index < -0.39 is 5.60 Å². The monoisotopic (exact) mass is 327 g/mol. The van der Waals surface area contributed by atoms with Crippen LogP contribution in [0.25, 0.3) is 0 Å². The van der Waals surface area contributed by atoms with E-state index in [0.29, 0.717) is 31.5 Å². The highest BCUT2D eigenvalue weighted by atomic mass is 79.9. The number of carbonyl (C=O) groups is 1. The molecule has 5 heteroatoms. The Kier molecular flexibility index (Phi) is 4.16. The molecule has 0 aliphatic carbocycles. The zero-order valence-electron chi connectivity index (χ0n) is 10.9. The highest BCUT2D eigenvalue weighted by Crippen LogP contribution is 2.26. The first-order chi connectivity index (χ1) is 8.89. The summed E-state index contributed by atoms with van der Waals surface area (Å²) in [6.07, 6.45) is 2.03. The topological polar surface area (TPSA) is 60.8 Å². The number of carbonyl (C=O) groups excluding carboxylic acids is 1. The van der Waals surface area contributed by atoms with Crippen molar-refractivity contribution in [3.63, 3.8) is 0 Å². The number of halogens is 1. The van der Waals surface area contributed by atoms with Crippen LogP contribution in [0, 0.1) is 0 Å². The van der Waals surface area contributed by atoms with Gasteiger partial charge in [0.2, 0.25) is 0 Å². The Balaban J connectivity index is 2.17. The quantitative estimate of drug-likeness (QED) is 0.833. The Morgan fingerprint density at radius 3 is 2.84 bits per heavy atom. The molecule has 0 bridgehead atoms. The molecular formula is C14H18BrNO3. The fourth-order valence-electron chi connectivity index (χ4n) is 2.32. The highest BCUT2D eigenvalue weighted by molar-refractivity contribution is 9.10. The lowest BCUT2D eigenvalue weighted by atomic mass is 9.98. The van der Waals surface area contributed by atoms with Gasteiger partial charge in [0, 0.05) is 17.6 Å². The molecule has 2 rings (SSSR count). The zero-order valence-corrected chi connectivity index (χ0v) is 12.5. The van der Waals surface area contributed by atoms with E-state index in [1.54, 1.807) is 24.0 Å². The molecule has 1 aliphatic rings. The number of amides is 1. The highest BCUT2D eigenvalue weighted by Gasteiger charge is 2.28. The molecule has 1 fully saturated rings. The van der Waals surface area contributed by atoms with Gasteiger partial charge in [0.25, 0.3) is 5.91 Å². The molecular weight excluding hydrogens is 310 g/mol. The van der Waals surface area contributed by atoms with Gasteiger partial charge in [-0.2, -0.15) is 0 Å². The Labute approximate surface area is 121 Å². The zero-order chi connectivity index (χ0) is 14.0. The van der Waals surface area contributed by atoms with Crippen LogP contribution in [-0.4, -0.2) is 39.7 Å². The van der Waals surface area contributed by atoms with Crippen LogP contribution in [0.4, 0.5) is 0 Å². The number of hydrogen-bond acceptors (Lipinski definition) is 3. The van der Waals surface area contributed by atoms with Crippen LogP contribution in [0.1, 0.15) is 36.5 Å². The summed E-state index contributed by atoms with van der Waals surface area (Å²) >= 11 is 3.30. The maximum Gasteiger partial charge on any atom is 0.257 e. The number of benzene rings is 1. The number of rotatable bonds is 1. The van der Waals surface area contributed by atoms with Crippen molar-refractivity contribution in [3.8, 4) is 5.75 Å². The van der Waals surface area contributed by atoms with Crippen LogP contribution in [0.3, 0.4) is 0 Å². The van der Waals surface area contributed by atoms with E-state index in [1.807, 2.05) is 0 Å². The summed E-state index contributed by atoms with van der Waals surface area (Å²) in [5, 5.41) is 19.8. The number of hydrogen-bond donors (Lipinski definition) is 2. The molecule has 0 aromatic heterocycles. The number of aromatic hydroxyl groups is 1. The average Bonchev–Trinajstić information content (AvgIpc) is 2.52. The Morgan fingerprint density at radius 2 is 2.11 bits per heavy atom. The minimum Gasteiger partial charge on any atom is -0.507 e. The number of phenolic OH excluding ortho intramolecular Hbond substituents is 1. The van der Waals surface area contributed by atoms with Gasteiger partial charge in [-0.1, -0.05) is 15.9 Å². The molecule has 1 atom stereocenters. The van der Waals surface area contributed by atoms with Crippen molar-refractivity contribution in [1.82, 2.24) is 4.90 Å². The third-order valence-corrected chi connectivity index (χ3v) is 4.03. The molecule has 1 aromatic carbocycles. The minimum absolute atomic E-state index is 0.00999. The fraction of sp³-hybridized carbons (Fsp3) is 0.500. The van der Waals surface area contributed by atoms with Crippen LogP contribution in [0.15, 0.2) is 22.7 Å². The second-order valence-corrected chi connectivity index (χ2v) is 6.22. The van der Waals surface area contributed by atoms with E-state index in [9.17, 15) is 15.0 Å². The minimum atomic E-state index is -0.700. The molecule has 0 radical (unpaired) electrons. The van der Waals surface area contributed by atoms with Crippen LogP contribution >= 0.6 is 15.9 Å². The van der Waals surface area contributed by atoms with Crippen molar-refractivity contribution in [2.45, 2.75) is 31.8 Å². The van der Waals surface area contributed by atoms with Gasteiger partial charge in [-0.3, -0.25) is 4.79 Å². The Morgan fingerprint density at radius 1 is 1.37 bits per heavy atom. The summed E-state index contributed by atoms with van der Waals surface area (Å²) in [6, 6.07) is 4.82. The second kappa shape index (κ2) is 5.51. The number of likely N-dealkylation sites (tertiary alicyclic amines) is 1. The van der Waals surface area contributed by atoms with E-state index in [1.165, 1.54) is 6.07 Å². The van der Waals surface area contributed by atoms with Crippen LogP contribution in [-0.2, 0) is 0 Å². The van der Waals surface area contributed by atoms with Crippen molar-refractivity contribution >= 4 is 21.8 Å². The number of phenols is 1. The molecule has 1 saturated heterocycles. The Bertz CT molecular complexity index is 488. The lowest BCUT2D eigenvalue weighted by molar-refractivity contribution is 0.0437. The summed E-state index contributed by atoms with van der Waals surface area (Å²) in [5.41, 5.74) is -0.398. The van der Waals surface area contributed by atoms with Gasteiger partial charge in [-0.15, -0.1) is 0 Å². The molecule has 1 aromatic rings. The molecule has 1 unspecified atom stereocenters. The largest absolute Gasteiger partial charge is 0.507 e. The van der Waals surface area contributed by atoms with E-state index in [2.05, 4.69) is 15.9 Å². The molecule has 1 amide bonds. The molecule has 0 spiro atoms. The SMILES string of the molecule is CC1(O)CCCN(C(=O)c2cc(Br)ccc2O)CC1. The van der Waals surface area contributed by atoms with E-state index in [4.69, 9.17) is 0 Å². The first-order valence-electron chi connectivity index (χ1n) is 6.39. The van der Waals surface area contributed by atoms with E-state index in [-0.39, 0.29) is 11.7 Å². The van der Waals surface area contributed by atoms with Gasteiger partial charge in [0.15, 0.2) is 0 Å². The lowest BCUT2D eigenvalue weighted by Crippen LogP contribution is -2.33. The molecule has 0 saturated carbocycles. The maximum absolute atomic E-state index is 12.4. The molecule has 4 nitrogen and oxygen atoms in total. The van der Waals surface area contributed by atoms with Gasteiger partial charge in [0.1, 0.15) is 5.75 Å². The van der Waals surface area contributed by atoms with Crippen molar-refractivity contribution in [3.05, 3.63) is 28.2 Å². The first kappa shape index (κ1) is 14.3. The van der Waals surface area contributed by atoms with Crippen LogP contribution in [0.2, 0.25) is 0 Å². The second-order valence-electron chi connectivity index (χ2n) is 5.30. The predicted octanol–water partition coefficient (Wildman–Crippen LogP) is 2.53. The first-order valence-corrected chi connectivity index (χ1v) is 7.18. The third-order valence-electron chi connectivity index (χ3n) is 3.54. The number of aliphatic hydroxyl groups is 1. The van der Waals surface area contributed by atoms with Gasteiger partial charge in [-0.05, 0) is 44.4 Å². The molecule has 1 aliphatic heterocycles. The standard InChI is InChI=1S/C14H18BrNO3/c1-14(19)5-2-7-16(8-6-14)13(18)11-9-10(15)3-4-12(11)17/h3-4,9,17,19H,2,5-8H2,1H3. The summed E-state index contributed by atoms with van der Waals surface area (Å²) in [5.74, 6) is -0.194. The van der Waals surface area contributed by atoms with E-state index >= 15 is 0 Å². The predicted molar refractivity (Wildman–Crippen MR) is 76.2 cm³/mol. The third kappa shape index (κ3) is 3.48. The summed E-state index contributed by atoms with van der Waals surface area (Å²) < 4.78 is 0.760. The smallest absolute Gasteiger partial charge is 0.257 e. The summed E-state index contributed by atoms with van der Waals surface area (Å²) in [7, 11) is 0. The maximum atomic E-state index is 12.4.